The third kappa shape index (κ3) is 2.26. The molecule has 5 heteroatoms. The van der Waals surface area contributed by atoms with Crippen molar-refractivity contribution in [2.45, 2.75) is 50.8 Å². The molecule has 3 unspecified atom stereocenters. The van der Waals surface area contributed by atoms with Crippen molar-refractivity contribution >= 4 is 17.3 Å². The highest BCUT2D eigenvalue weighted by molar-refractivity contribution is 7.07. The van der Waals surface area contributed by atoms with E-state index in [1.165, 1.54) is 37.7 Å². The molecule has 1 aliphatic heterocycles. The van der Waals surface area contributed by atoms with Crippen molar-refractivity contribution < 1.29 is 4.74 Å². The van der Waals surface area contributed by atoms with Crippen molar-refractivity contribution in [3.05, 3.63) is 22.4 Å². The van der Waals surface area contributed by atoms with Crippen LogP contribution in [0, 0.1) is 11.3 Å². The van der Waals surface area contributed by atoms with Crippen LogP contribution in [0.15, 0.2) is 21.8 Å². The number of hydrogen-bond donors (Lipinski definition) is 2. The highest BCUT2D eigenvalue weighted by atomic mass is 32.1. The molecule has 3 atom stereocenters. The monoisotopic (exact) mass is 319 g/mol. The third-order valence-electron chi connectivity index (χ3n) is 5.84. The van der Waals surface area contributed by atoms with Gasteiger partial charge in [-0.1, -0.05) is 12.8 Å². The lowest BCUT2D eigenvalue weighted by atomic mass is 9.54. The number of ether oxygens (including phenoxy) is 1. The fourth-order valence-electron chi connectivity index (χ4n) is 4.83. The number of aliphatic imine (C=N–C) groups is 1. The van der Waals surface area contributed by atoms with E-state index in [1.54, 1.807) is 11.3 Å². The molecule has 0 bridgehead atoms. The summed E-state index contributed by atoms with van der Waals surface area (Å²) in [6.45, 7) is 1.78. The van der Waals surface area contributed by atoms with Crippen molar-refractivity contribution in [2.24, 2.45) is 16.3 Å². The van der Waals surface area contributed by atoms with E-state index in [4.69, 9.17) is 4.74 Å². The molecule has 4 rings (SSSR count). The molecule has 120 valence electrons. The van der Waals surface area contributed by atoms with E-state index < -0.39 is 0 Å². The van der Waals surface area contributed by atoms with Gasteiger partial charge < -0.3 is 15.4 Å². The van der Waals surface area contributed by atoms with Crippen LogP contribution in [-0.2, 0) is 11.3 Å². The smallest absolute Gasteiger partial charge is 0.191 e. The Balaban J connectivity index is 1.42. The van der Waals surface area contributed by atoms with Crippen molar-refractivity contribution in [3.63, 3.8) is 0 Å². The summed E-state index contributed by atoms with van der Waals surface area (Å²) < 4.78 is 6.06. The Bertz CT molecular complexity index is 536. The SMILES string of the molecule is CN=C(NCc1ccsc1)NC1C2CCOC2C12CCCC2. The van der Waals surface area contributed by atoms with E-state index in [9.17, 15) is 0 Å². The minimum Gasteiger partial charge on any atom is -0.377 e. The summed E-state index contributed by atoms with van der Waals surface area (Å²) in [4.78, 5) is 4.44. The molecule has 2 heterocycles. The quantitative estimate of drug-likeness (QED) is 0.665. The van der Waals surface area contributed by atoms with Gasteiger partial charge in [0.25, 0.3) is 0 Å². The normalized spacial score (nSPS) is 32.8. The van der Waals surface area contributed by atoms with Crippen LogP contribution >= 0.6 is 11.3 Å². The first kappa shape index (κ1) is 14.5. The van der Waals surface area contributed by atoms with Crippen LogP contribution in [0.5, 0.6) is 0 Å². The lowest BCUT2D eigenvalue weighted by Gasteiger charge is -2.57. The minimum absolute atomic E-state index is 0.376. The first-order valence-electron chi connectivity index (χ1n) is 8.43. The number of thiophene rings is 1. The second-order valence-electron chi connectivity index (χ2n) is 6.86. The van der Waals surface area contributed by atoms with Crippen molar-refractivity contribution in [3.8, 4) is 0 Å². The molecule has 0 radical (unpaired) electrons. The fraction of sp³-hybridized carbons (Fsp3) is 0.706. The lowest BCUT2D eigenvalue weighted by molar-refractivity contribution is -0.125. The average Bonchev–Trinajstić information content (AvgIpc) is 3.27. The molecular formula is C17H25N3OS. The maximum absolute atomic E-state index is 6.06. The van der Waals surface area contributed by atoms with E-state index in [0.29, 0.717) is 23.5 Å². The van der Waals surface area contributed by atoms with Crippen molar-refractivity contribution in [1.82, 2.24) is 10.6 Å². The molecule has 1 saturated heterocycles. The molecule has 1 aromatic rings. The molecule has 22 heavy (non-hydrogen) atoms. The van der Waals surface area contributed by atoms with Crippen LogP contribution in [0.3, 0.4) is 0 Å². The fourth-order valence-corrected chi connectivity index (χ4v) is 5.49. The molecule has 3 aliphatic rings. The largest absolute Gasteiger partial charge is 0.377 e. The number of guanidine groups is 1. The minimum atomic E-state index is 0.376. The Morgan fingerprint density at radius 2 is 2.32 bits per heavy atom. The first-order valence-corrected chi connectivity index (χ1v) is 9.38. The molecule has 1 aromatic heterocycles. The standard InChI is InChI=1S/C17H25N3OS/c1-18-16(19-10-12-5-9-22-11-12)20-14-13-4-8-21-15(13)17(14)6-2-3-7-17/h5,9,11,13-15H,2-4,6-8,10H2,1H3,(H2,18,19,20). The van der Waals surface area contributed by atoms with E-state index in [-0.39, 0.29) is 0 Å². The summed E-state index contributed by atoms with van der Waals surface area (Å²) in [7, 11) is 1.87. The van der Waals surface area contributed by atoms with Gasteiger partial charge in [0.05, 0.1) is 6.10 Å². The number of hydrogen-bond acceptors (Lipinski definition) is 3. The van der Waals surface area contributed by atoms with Gasteiger partial charge in [-0.2, -0.15) is 11.3 Å². The maximum Gasteiger partial charge on any atom is 0.191 e. The second-order valence-corrected chi connectivity index (χ2v) is 7.64. The van der Waals surface area contributed by atoms with Crippen LogP contribution in [0.25, 0.3) is 0 Å². The maximum atomic E-state index is 6.06. The Labute approximate surface area is 136 Å². The summed E-state index contributed by atoms with van der Waals surface area (Å²) >= 11 is 1.74. The number of fused-ring (bicyclic) bond motifs is 2. The Morgan fingerprint density at radius 3 is 3.05 bits per heavy atom. The molecule has 3 fully saturated rings. The molecular weight excluding hydrogens is 294 g/mol. The van der Waals surface area contributed by atoms with E-state index >= 15 is 0 Å². The Kier molecular flexibility index (Phi) is 3.86. The van der Waals surface area contributed by atoms with Crippen molar-refractivity contribution in [1.29, 1.82) is 0 Å². The second kappa shape index (κ2) is 5.85. The van der Waals surface area contributed by atoms with Crippen LogP contribution in [0.1, 0.15) is 37.7 Å². The van der Waals surface area contributed by atoms with Gasteiger partial charge in [0, 0.05) is 37.6 Å². The number of nitrogens with one attached hydrogen (secondary N) is 2. The van der Waals surface area contributed by atoms with Crippen LogP contribution in [-0.4, -0.2) is 31.8 Å². The topological polar surface area (TPSA) is 45.7 Å². The summed E-state index contributed by atoms with van der Waals surface area (Å²) in [6, 6.07) is 2.70. The summed E-state index contributed by atoms with van der Waals surface area (Å²) in [6.07, 6.45) is 7.03. The average molecular weight is 319 g/mol. The van der Waals surface area contributed by atoms with Gasteiger partial charge in [-0.15, -0.1) is 0 Å². The molecule has 2 saturated carbocycles. The van der Waals surface area contributed by atoms with E-state index in [1.807, 2.05) is 7.05 Å². The third-order valence-corrected chi connectivity index (χ3v) is 6.57. The van der Waals surface area contributed by atoms with Gasteiger partial charge in [-0.05, 0) is 41.7 Å². The molecule has 1 spiro atoms. The van der Waals surface area contributed by atoms with Crippen LogP contribution in [0.2, 0.25) is 0 Å². The molecule has 2 N–H and O–H groups in total. The zero-order valence-corrected chi connectivity index (χ0v) is 14.0. The predicted octanol–water partition coefficient (Wildman–Crippen LogP) is 2.76. The number of rotatable bonds is 3. The zero-order valence-electron chi connectivity index (χ0n) is 13.2. The van der Waals surface area contributed by atoms with Gasteiger partial charge in [0.15, 0.2) is 5.96 Å². The summed E-state index contributed by atoms with van der Waals surface area (Å²) in [5, 5.41) is 11.5. The van der Waals surface area contributed by atoms with Crippen LogP contribution < -0.4 is 10.6 Å². The van der Waals surface area contributed by atoms with Gasteiger partial charge >= 0.3 is 0 Å². The van der Waals surface area contributed by atoms with Crippen LogP contribution in [0.4, 0.5) is 0 Å². The van der Waals surface area contributed by atoms with E-state index in [2.05, 4.69) is 32.5 Å². The van der Waals surface area contributed by atoms with Crippen molar-refractivity contribution in [2.75, 3.05) is 13.7 Å². The number of nitrogens with zero attached hydrogens (tertiary/aromatic N) is 1. The summed E-state index contributed by atoms with van der Waals surface area (Å²) in [5.74, 6) is 1.62. The molecule has 0 amide bonds. The van der Waals surface area contributed by atoms with Gasteiger partial charge in [0.1, 0.15) is 0 Å². The molecule has 4 nitrogen and oxygen atoms in total. The lowest BCUT2D eigenvalue weighted by Crippen LogP contribution is -2.69. The Hall–Kier alpha value is -1.07. The van der Waals surface area contributed by atoms with E-state index in [0.717, 1.165) is 19.1 Å². The summed E-state index contributed by atoms with van der Waals surface area (Å²) in [5.41, 5.74) is 1.69. The first-order chi connectivity index (χ1) is 10.8. The van der Waals surface area contributed by atoms with Gasteiger partial charge in [-0.3, -0.25) is 4.99 Å². The highest BCUT2D eigenvalue weighted by Gasteiger charge is 2.65. The molecule has 0 aromatic carbocycles. The highest BCUT2D eigenvalue weighted by Crippen LogP contribution is 2.60. The van der Waals surface area contributed by atoms with Gasteiger partial charge in [0.2, 0.25) is 0 Å². The predicted molar refractivity (Wildman–Crippen MR) is 90.2 cm³/mol. The van der Waals surface area contributed by atoms with Gasteiger partial charge in [-0.25, -0.2) is 0 Å². The molecule has 2 aliphatic carbocycles. The Morgan fingerprint density at radius 1 is 1.45 bits per heavy atom. The zero-order chi connectivity index (χ0) is 15.0.